The van der Waals surface area contributed by atoms with Gasteiger partial charge in [0.05, 0.1) is 6.04 Å². The molecule has 2 amide bonds. The summed E-state index contributed by atoms with van der Waals surface area (Å²) >= 11 is 0. The smallest absolute Gasteiger partial charge is 0.315 e. The zero-order valence-electron chi connectivity index (χ0n) is 12.4. The van der Waals surface area contributed by atoms with Gasteiger partial charge in [-0.15, -0.1) is 0 Å². The molecule has 2 aromatic rings. The molecule has 3 nitrogen and oxygen atoms in total. The lowest BCUT2D eigenvalue weighted by atomic mass is 10.1. The van der Waals surface area contributed by atoms with Gasteiger partial charge in [-0.05, 0) is 30.9 Å². The van der Waals surface area contributed by atoms with E-state index in [1.807, 2.05) is 55.5 Å². The van der Waals surface area contributed by atoms with Crippen molar-refractivity contribution in [3.63, 3.8) is 0 Å². The minimum absolute atomic E-state index is 0.0142. The number of hydrogen-bond acceptors (Lipinski definition) is 1. The first-order chi connectivity index (χ1) is 10.3. The number of carbonyl (C=O) groups excluding carboxylic acids is 1. The summed E-state index contributed by atoms with van der Waals surface area (Å²) < 4.78 is 0. The van der Waals surface area contributed by atoms with Gasteiger partial charge in [0.25, 0.3) is 0 Å². The third-order valence-corrected chi connectivity index (χ3v) is 3.42. The van der Waals surface area contributed by atoms with Gasteiger partial charge < -0.3 is 10.6 Å². The van der Waals surface area contributed by atoms with Crippen molar-refractivity contribution in [1.82, 2.24) is 10.6 Å². The maximum absolute atomic E-state index is 11.8. The molecular weight excluding hydrogens is 260 g/mol. The highest BCUT2D eigenvalue weighted by Crippen LogP contribution is 2.10. The summed E-state index contributed by atoms with van der Waals surface area (Å²) in [4.78, 5) is 11.8. The monoisotopic (exact) mass is 282 g/mol. The number of rotatable bonds is 6. The largest absolute Gasteiger partial charge is 0.338 e. The molecule has 0 aromatic heterocycles. The van der Waals surface area contributed by atoms with Crippen LogP contribution in [0, 0.1) is 0 Å². The van der Waals surface area contributed by atoms with Crippen LogP contribution < -0.4 is 10.6 Å². The molecule has 21 heavy (non-hydrogen) atoms. The summed E-state index contributed by atoms with van der Waals surface area (Å²) in [5.74, 6) is 0. The highest BCUT2D eigenvalue weighted by molar-refractivity contribution is 5.74. The fraction of sp³-hybridized carbons (Fsp3) is 0.278. The van der Waals surface area contributed by atoms with Crippen molar-refractivity contribution >= 4 is 6.03 Å². The molecule has 3 heteroatoms. The van der Waals surface area contributed by atoms with Crippen molar-refractivity contribution < 1.29 is 4.79 Å². The molecule has 1 atom stereocenters. The van der Waals surface area contributed by atoms with Crippen LogP contribution in [-0.4, -0.2) is 12.6 Å². The van der Waals surface area contributed by atoms with Crippen LogP contribution in [0.2, 0.25) is 0 Å². The Labute approximate surface area is 126 Å². The minimum Gasteiger partial charge on any atom is -0.338 e. The maximum atomic E-state index is 11.8. The summed E-state index contributed by atoms with van der Waals surface area (Å²) in [6.07, 6.45) is 1.92. The molecule has 1 unspecified atom stereocenters. The van der Waals surface area contributed by atoms with Gasteiger partial charge in [-0.1, -0.05) is 60.7 Å². The van der Waals surface area contributed by atoms with Crippen molar-refractivity contribution in [2.45, 2.75) is 25.8 Å². The lowest BCUT2D eigenvalue weighted by Crippen LogP contribution is -2.37. The molecule has 0 aliphatic carbocycles. The number of benzene rings is 2. The molecule has 0 aliphatic heterocycles. The Bertz CT molecular complexity index is 540. The van der Waals surface area contributed by atoms with Gasteiger partial charge in [0.2, 0.25) is 0 Å². The predicted molar refractivity (Wildman–Crippen MR) is 86.2 cm³/mol. The average molecular weight is 282 g/mol. The second-order valence-corrected chi connectivity index (χ2v) is 5.12. The highest BCUT2D eigenvalue weighted by Gasteiger charge is 2.07. The SMILES string of the molecule is CC(NC(=O)NCCCc1ccccc1)c1ccccc1. The summed E-state index contributed by atoms with van der Waals surface area (Å²) in [5.41, 5.74) is 2.41. The molecule has 2 N–H and O–H groups in total. The van der Waals surface area contributed by atoms with Crippen molar-refractivity contribution in [2.24, 2.45) is 0 Å². The fourth-order valence-electron chi connectivity index (χ4n) is 2.21. The van der Waals surface area contributed by atoms with Crippen LogP contribution in [0.4, 0.5) is 4.79 Å². The van der Waals surface area contributed by atoms with E-state index < -0.39 is 0 Å². The summed E-state index contributed by atoms with van der Waals surface area (Å²) in [6, 6.07) is 20.2. The summed E-state index contributed by atoms with van der Waals surface area (Å²) in [6.45, 7) is 2.67. The highest BCUT2D eigenvalue weighted by atomic mass is 16.2. The van der Waals surface area contributed by atoms with Gasteiger partial charge in [-0.2, -0.15) is 0 Å². The van der Waals surface area contributed by atoms with Gasteiger partial charge >= 0.3 is 6.03 Å². The Balaban J connectivity index is 1.66. The van der Waals surface area contributed by atoms with Crippen LogP contribution in [0.25, 0.3) is 0 Å². The Morgan fingerprint density at radius 1 is 1.00 bits per heavy atom. The van der Waals surface area contributed by atoms with Gasteiger partial charge in [0, 0.05) is 6.54 Å². The number of amides is 2. The standard InChI is InChI=1S/C18H22N2O/c1-15(17-12-6-3-7-13-17)20-18(21)19-14-8-11-16-9-4-2-5-10-16/h2-7,9-10,12-13,15H,8,11,14H2,1H3,(H2,19,20,21). The quantitative estimate of drug-likeness (QED) is 0.780. The molecule has 0 saturated heterocycles. The third kappa shape index (κ3) is 5.30. The molecule has 0 bridgehead atoms. The van der Waals surface area contributed by atoms with Gasteiger partial charge in [-0.3, -0.25) is 0 Å². The zero-order chi connectivity index (χ0) is 14.9. The number of aryl methyl sites for hydroxylation is 1. The molecule has 0 aliphatic rings. The molecule has 2 rings (SSSR count). The first-order valence-corrected chi connectivity index (χ1v) is 7.39. The lowest BCUT2D eigenvalue weighted by molar-refractivity contribution is 0.238. The number of carbonyl (C=O) groups is 1. The van der Waals surface area contributed by atoms with E-state index in [2.05, 4.69) is 22.8 Å². The van der Waals surface area contributed by atoms with E-state index in [9.17, 15) is 4.79 Å². The van der Waals surface area contributed by atoms with Gasteiger partial charge in [0.1, 0.15) is 0 Å². The van der Waals surface area contributed by atoms with Crippen LogP contribution in [0.3, 0.4) is 0 Å². The summed E-state index contributed by atoms with van der Waals surface area (Å²) in [5, 5.41) is 5.85. The van der Waals surface area contributed by atoms with Crippen LogP contribution >= 0.6 is 0 Å². The second-order valence-electron chi connectivity index (χ2n) is 5.12. The van der Waals surface area contributed by atoms with E-state index in [1.54, 1.807) is 0 Å². The first-order valence-electron chi connectivity index (χ1n) is 7.39. The molecular formula is C18H22N2O. The summed E-state index contributed by atoms with van der Waals surface area (Å²) in [7, 11) is 0. The van der Waals surface area contributed by atoms with Crippen molar-refractivity contribution in [2.75, 3.05) is 6.54 Å². The van der Waals surface area contributed by atoms with Crippen molar-refractivity contribution in [3.05, 3.63) is 71.8 Å². The normalized spacial score (nSPS) is 11.7. The number of nitrogens with one attached hydrogen (secondary N) is 2. The molecule has 110 valence electrons. The lowest BCUT2D eigenvalue weighted by Gasteiger charge is -2.15. The topological polar surface area (TPSA) is 41.1 Å². The molecule has 0 heterocycles. The average Bonchev–Trinajstić information content (AvgIpc) is 2.53. The molecule has 0 spiro atoms. The van der Waals surface area contributed by atoms with E-state index in [1.165, 1.54) is 5.56 Å². The molecule has 0 fully saturated rings. The van der Waals surface area contributed by atoms with E-state index in [4.69, 9.17) is 0 Å². The maximum Gasteiger partial charge on any atom is 0.315 e. The van der Waals surface area contributed by atoms with Crippen molar-refractivity contribution in [3.8, 4) is 0 Å². The Morgan fingerprint density at radius 2 is 1.62 bits per heavy atom. The Morgan fingerprint density at radius 3 is 2.29 bits per heavy atom. The number of urea groups is 1. The van der Waals surface area contributed by atoms with Gasteiger partial charge in [-0.25, -0.2) is 4.79 Å². The third-order valence-electron chi connectivity index (χ3n) is 3.42. The van der Waals surface area contributed by atoms with E-state index in [-0.39, 0.29) is 12.1 Å². The van der Waals surface area contributed by atoms with E-state index in [0.717, 1.165) is 18.4 Å². The van der Waals surface area contributed by atoms with Gasteiger partial charge in [0.15, 0.2) is 0 Å². The fourth-order valence-corrected chi connectivity index (χ4v) is 2.21. The first kappa shape index (κ1) is 15.1. The molecule has 0 saturated carbocycles. The van der Waals surface area contributed by atoms with Crippen LogP contribution in [-0.2, 0) is 6.42 Å². The molecule has 0 radical (unpaired) electrons. The van der Waals surface area contributed by atoms with E-state index >= 15 is 0 Å². The minimum atomic E-state index is -0.112. The Kier molecular flexibility index (Phi) is 5.83. The number of hydrogen-bond donors (Lipinski definition) is 2. The predicted octanol–water partition coefficient (Wildman–Crippen LogP) is 3.68. The van der Waals surface area contributed by atoms with Crippen LogP contribution in [0.1, 0.15) is 30.5 Å². The molecule has 2 aromatic carbocycles. The van der Waals surface area contributed by atoms with Crippen LogP contribution in [0.5, 0.6) is 0 Å². The second kappa shape index (κ2) is 8.10. The van der Waals surface area contributed by atoms with Crippen LogP contribution in [0.15, 0.2) is 60.7 Å². The van der Waals surface area contributed by atoms with Crippen molar-refractivity contribution in [1.29, 1.82) is 0 Å². The Hall–Kier alpha value is -2.29. The van der Waals surface area contributed by atoms with E-state index in [0.29, 0.717) is 6.54 Å². The zero-order valence-corrected chi connectivity index (χ0v) is 12.4.